The highest BCUT2D eigenvalue weighted by molar-refractivity contribution is 6.33. The van der Waals surface area contributed by atoms with Crippen LogP contribution in [0.5, 0.6) is 11.5 Å². The van der Waals surface area contributed by atoms with E-state index in [9.17, 15) is 4.79 Å². The number of likely N-dealkylation sites (tertiary alicyclic amines) is 1. The van der Waals surface area contributed by atoms with Crippen LogP contribution >= 0.6 is 11.6 Å². The highest BCUT2D eigenvalue weighted by Gasteiger charge is 2.31. The quantitative estimate of drug-likeness (QED) is 0.501. The zero-order valence-electron chi connectivity index (χ0n) is 14.7. The third kappa shape index (κ3) is 3.61. The monoisotopic (exact) mass is 364 g/mol. The maximum atomic E-state index is 12.1. The Kier molecular flexibility index (Phi) is 5.69. The second-order valence-corrected chi connectivity index (χ2v) is 5.86. The zero-order valence-corrected chi connectivity index (χ0v) is 15.5. The van der Waals surface area contributed by atoms with Crippen molar-refractivity contribution in [1.82, 2.24) is 4.90 Å². The molecule has 0 saturated carbocycles. The smallest absolute Gasteiger partial charge is 0.217 e. The number of halogens is 1. The normalized spacial score (nSPS) is 16.8. The fourth-order valence-electron chi connectivity index (χ4n) is 2.61. The van der Waals surface area contributed by atoms with E-state index in [0.29, 0.717) is 34.5 Å². The van der Waals surface area contributed by atoms with Crippen LogP contribution in [-0.2, 0) is 11.3 Å². The van der Waals surface area contributed by atoms with E-state index in [2.05, 4.69) is 16.6 Å². The van der Waals surface area contributed by atoms with Crippen molar-refractivity contribution in [3.8, 4) is 11.5 Å². The van der Waals surface area contributed by atoms with Gasteiger partial charge in [-0.15, -0.1) is 0 Å². The lowest BCUT2D eigenvalue weighted by Crippen LogP contribution is -2.27. The van der Waals surface area contributed by atoms with Crippen LogP contribution in [0, 0.1) is 6.92 Å². The first-order chi connectivity index (χ1) is 11.8. The molecular formula is C17H21ClN4O3. The van der Waals surface area contributed by atoms with Crippen molar-refractivity contribution in [2.45, 2.75) is 13.5 Å². The molecule has 1 fully saturated rings. The molecule has 8 heteroatoms. The highest BCUT2D eigenvalue weighted by atomic mass is 35.5. The highest BCUT2D eigenvalue weighted by Crippen LogP contribution is 2.38. The lowest BCUT2D eigenvalue weighted by Gasteiger charge is -2.21. The number of guanidine groups is 1. The van der Waals surface area contributed by atoms with Crippen molar-refractivity contribution in [2.75, 3.05) is 27.8 Å². The maximum Gasteiger partial charge on any atom is 0.217 e. The van der Waals surface area contributed by atoms with Crippen molar-refractivity contribution in [3.05, 3.63) is 34.4 Å². The molecule has 2 rings (SSSR count). The summed E-state index contributed by atoms with van der Waals surface area (Å²) in [6.07, 6.45) is 0. The van der Waals surface area contributed by atoms with Crippen molar-refractivity contribution >= 4 is 29.2 Å². The summed E-state index contributed by atoms with van der Waals surface area (Å²) in [7, 11) is 4.64. The fourth-order valence-corrected chi connectivity index (χ4v) is 2.95. The number of Topliss-reactive ketones (excluding diaryl/α,β-unsaturated/α-hetero) is 1. The molecule has 0 unspecified atom stereocenters. The number of carbonyl (C=O) groups is 1. The van der Waals surface area contributed by atoms with Crippen molar-refractivity contribution < 1.29 is 14.3 Å². The molecule has 1 aromatic rings. The lowest BCUT2D eigenvalue weighted by atomic mass is 10.1. The molecule has 0 spiro atoms. The molecule has 1 heterocycles. The van der Waals surface area contributed by atoms with Gasteiger partial charge in [0.15, 0.2) is 5.78 Å². The van der Waals surface area contributed by atoms with Gasteiger partial charge in [-0.2, -0.15) is 4.99 Å². The molecule has 134 valence electrons. The number of carbonyl (C=O) groups excluding carboxylic acids is 1. The summed E-state index contributed by atoms with van der Waals surface area (Å²) >= 11 is 6.47. The van der Waals surface area contributed by atoms with E-state index in [0.717, 1.165) is 11.1 Å². The van der Waals surface area contributed by atoms with Crippen LogP contribution in [0.4, 0.5) is 0 Å². The molecular weight excluding hydrogens is 344 g/mol. The van der Waals surface area contributed by atoms with Crippen LogP contribution in [-0.4, -0.2) is 50.3 Å². The lowest BCUT2D eigenvalue weighted by molar-refractivity contribution is -0.114. The number of aliphatic imine (C=N–C) groups is 2. The number of ketones is 1. The summed E-state index contributed by atoms with van der Waals surface area (Å²) in [6.45, 7) is 6.11. The van der Waals surface area contributed by atoms with Gasteiger partial charge in [-0.3, -0.25) is 9.79 Å². The SMILES string of the molecule is C=C1C(=O)CN(Cc2cc(OC)c(C)c(OC)c2Cl)C1=NC(N)=NC. The van der Waals surface area contributed by atoms with Crippen LogP contribution in [0.2, 0.25) is 5.02 Å². The molecule has 0 amide bonds. The summed E-state index contributed by atoms with van der Waals surface area (Å²) in [5.74, 6) is 1.52. The van der Waals surface area contributed by atoms with Gasteiger partial charge < -0.3 is 20.1 Å². The molecule has 0 aliphatic carbocycles. The van der Waals surface area contributed by atoms with Crippen LogP contribution in [0.25, 0.3) is 0 Å². The van der Waals surface area contributed by atoms with E-state index in [1.807, 2.05) is 13.0 Å². The topological polar surface area (TPSA) is 89.5 Å². The minimum absolute atomic E-state index is 0.0704. The first-order valence-electron chi connectivity index (χ1n) is 7.52. The third-order valence-electron chi connectivity index (χ3n) is 3.97. The molecule has 0 atom stereocenters. The van der Waals surface area contributed by atoms with E-state index >= 15 is 0 Å². The van der Waals surface area contributed by atoms with Crippen molar-refractivity contribution in [2.24, 2.45) is 15.7 Å². The Morgan fingerprint density at radius 2 is 2.12 bits per heavy atom. The number of nitrogens with two attached hydrogens (primary N) is 1. The van der Waals surface area contributed by atoms with Gasteiger partial charge in [-0.25, -0.2) is 0 Å². The standard InChI is InChI=1S/C17H21ClN4O3/c1-9-12(23)8-22(16(9)21-17(19)20-3)7-11-6-13(24-4)10(2)15(25-5)14(11)18/h6H,1,7-8H2,2-5H3,(H2,19,20). The summed E-state index contributed by atoms with van der Waals surface area (Å²) < 4.78 is 10.8. The number of methoxy groups -OCH3 is 2. The third-order valence-corrected chi connectivity index (χ3v) is 4.39. The van der Waals surface area contributed by atoms with Gasteiger partial charge in [0.1, 0.15) is 17.3 Å². The summed E-state index contributed by atoms with van der Waals surface area (Å²) in [5, 5.41) is 0.460. The van der Waals surface area contributed by atoms with Gasteiger partial charge in [0.2, 0.25) is 5.96 Å². The predicted octanol–water partition coefficient (Wildman–Crippen LogP) is 1.95. The minimum atomic E-state index is -0.121. The van der Waals surface area contributed by atoms with Gasteiger partial charge in [0, 0.05) is 19.2 Å². The van der Waals surface area contributed by atoms with E-state index in [-0.39, 0.29) is 18.3 Å². The molecule has 0 radical (unpaired) electrons. The number of hydrogen-bond donors (Lipinski definition) is 1. The molecule has 1 saturated heterocycles. The Balaban J connectivity index is 2.46. The van der Waals surface area contributed by atoms with E-state index in [4.69, 9.17) is 26.8 Å². The molecule has 1 aliphatic rings. The van der Waals surface area contributed by atoms with Gasteiger partial charge in [-0.05, 0) is 18.6 Å². The number of rotatable bonds is 4. The zero-order chi connectivity index (χ0) is 18.7. The van der Waals surface area contributed by atoms with Crippen LogP contribution in [0.1, 0.15) is 11.1 Å². The second kappa shape index (κ2) is 7.57. The molecule has 0 aromatic heterocycles. The first kappa shape index (κ1) is 18.8. The Hall–Kier alpha value is -2.54. The number of hydrogen-bond acceptors (Lipinski definition) is 4. The largest absolute Gasteiger partial charge is 0.496 e. The van der Waals surface area contributed by atoms with Crippen LogP contribution < -0.4 is 15.2 Å². The average Bonchev–Trinajstić information content (AvgIpc) is 2.85. The van der Waals surface area contributed by atoms with Gasteiger partial charge in [0.25, 0.3) is 0 Å². The van der Waals surface area contributed by atoms with Crippen LogP contribution in [0.15, 0.2) is 28.2 Å². The maximum absolute atomic E-state index is 12.1. The number of amidine groups is 1. The number of nitrogens with zero attached hydrogens (tertiary/aromatic N) is 3. The summed E-state index contributed by atoms with van der Waals surface area (Å²) in [5.41, 5.74) is 7.52. The van der Waals surface area contributed by atoms with Crippen LogP contribution in [0.3, 0.4) is 0 Å². The second-order valence-electron chi connectivity index (χ2n) is 5.49. The molecule has 7 nitrogen and oxygen atoms in total. The first-order valence-corrected chi connectivity index (χ1v) is 7.90. The fraction of sp³-hybridized carbons (Fsp3) is 0.353. The van der Waals surface area contributed by atoms with Gasteiger partial charge in [-0.1, -0.05) is 18.2 Å². The van der Waals surface area contributed by atoms with Gasteiger partial charge in [0.05, 0.1) is 31.4 Å². The summed E-state index contributed by atoms with van der Waals surface area (Å²) in [4.78, 5) is 21.8. The van der Waals surface area contributed by atoms with E-state index in [1.54, 1.807) is 19.1 Å². The summed E-state index contributed by atoms with van der Waals surface area (Å²) in [6, 6.07) is 1.82. The molecule has 25 heavy (non-hydrogen) atoms. The number of benzene rings is 1. The number of ether oxygens (including phenoxy) is 2. The Morgan fingerprint density at radius 3 is 2.68 bits per heavy atom. The Labute approximate surface area is 151 Å². The molecule has 2 N–H and O–H groups in total. The Bertz CT molecular complexity index is 787. The molecule has 0 bridgehead atoms. The predicted molar refractivity (Wildman–Crippen MR) is 98.8 cm³/mol. The minimum Gasteiger partial charge on any atom is -0.496 e. The molecule has 1 aromatic carbocycles. The van der Waals surface area contributed by atoms with Gasteiger partial charge >= 0.3 is 0 Å². The molecule has 1 aliphatic heterocycles. The van der Waals surface area contributed by atoms with E-state index < -0.39 is 0 Å². The van der Waals surface area contributed by atoms with E-state index in [1.165, 1.54) is 7.05 Å². The van der Waals surface area contributed by atoms with Crippen molar-refractivity contribution in [3.63, 3.8) is 0 Å². The average molecular weight is 365 g/mol. The van der Waals surface area contributed by atoms with Crippen molar-refractivity contribution in [1.29, 1.82) is 0 Å². The Morgan fingerprint density at radius 1 is 1.44 bits per heavy atom.